The van der Waals surface area contributed by atoms with Crippen molar-refractivity contribution >= 4 is 0 Å². The quantitative estimate of drug-likeness (QED) is 0.896. The minimum absolute atomic E-state index is 0.260. The minimum atomic E-state index is -0.437. The van der Waals surface area contributed by atoms with Crippen molar-refractivity contribution in [3.8, 4) is 5.75 Å². The average molecular weight is 257 g/mol. The predicted octanol–water partition coefficient (Wildman–Crippen LogP) is 3.20. The fraction of sp³-hybridized carbons (Fsp3) is 0.250. The molecule has 2 nitrogen and oxygen atoms in total. The van der Waals surface area contributed by atoms with Crippen LogP contribution in [0.25, 0.3) is 0 Å². The third-order valence-corrected chi connectivity index (χ3v) is 3.53. The number of hydrogen-bond donors (Lipinski definition) is 1. The highest BCUT2D eigenvalue weighted by atomic mass is 19.1. The molecule has 0 saturated heterocycles. The first kappa shape index (κ1) is 12.2. The number of fused-ring (bicyclic) bond motifs is 1. The van der Waals surface area contributed by atoms with Crippen LogP contribution in [0.1, 0.15) is 29.2 Å². The molecule has 1 atom stereocenters. The summed E-state index contributed by atoms with van der Waals surface area (Å²) in [6.45, 7) is 0.770. The molecule has 1 aliphatic rings. The summed E-state index contributed by atoms with van der Waals surface area (Å²) in [5, 5.41) is 0. The highest BCUT2D eigenvalue weighted by molar-refractivity contribution is 5.42. The van der Waals surface area contributed by atoms with Crippen molar-refractivity contribution in [2.45, 2.75) is 18.9 Å². The first-order valence-electron chi connectivity index (χ1n) is 6.51. The Morgan fingerprint density at radius 2 is 2.00 bits per heavy atom. The van der Waals surface area contributed by atoms with Crippen LogP contribution in [0.5, 0.6) is 5.75 Å². The molecule has 98 valence electrons. The molecule has 2 aromatic rings. The van der Waals surface area contributed by atoms with Crippen molar-refractivity contribution in [2.75, 3.05) is 6.61 Å². The van der Waals surface area contributed by atoms with E-state index in [0.717, 1.165) is 36.3 Å². The Morgan fingerprint density at radius 1 is 1.16 bits per heavy atom. The van der Waals surface area contributed by atoms with Gasteiger partial charge >= 0.3 is 0 Å². The number of ether oxygens (including phenoxy) is 1. The maximum atomic E-state index is 13.8. The van der Waals surface area contributed by atoms with E-state index in [1.807, 2.05) is 18.2 Å². The van der Waals surface area contributed by atoms with Crippen LogP contribution in [-0.4, -0.2) is 6.61 Å². The predicted molar refractivity (Wildman–Crippen MR) is 72.7 cm³/mol. The molecule has 3 rings (SSSR count). The lowest BCUT2D eigenvalue weighted by molar-refractivity contribution is 0.288. The second-order valence-corrected chi connectivity index (χ2v) is 4.82. The highest BCUT2D eigenvalue weighted by Gasteiger charge is 2.16. The lowest BCUT2D eigenvalue weighted by Crippen LogP contribution is -2.15. The van der Waals surface area contributed by atoms with Gasteiger partial charge in [0.25, 0.3) is 0 Å². The van der Waals surface area contributed by atoms with Crippen LogP contribution in [0, 0.1) is 5.82 Å². The van der Waals surface area contributed by atoms with Gasteiger partial charge in [0.15, 0.2) is 0 Å². The highest BCUT2D eigenvalue weighted by Crippen LogP contribution is 2.29. The van der Waals surface area contributed by atoms with Gasteiger partial charge in [0.2, 0.25) is 0 Å². The third-order valence-electron chi connectivity index (χ3n) is 3.53. The molecule has 0 aliphatic carbocycles. The van der Waals surface area contributed by atoms with Crippen LogP contribution in [0.2, 0.25) is 0 Å². The van der Waals surface area contributed by atoms with Crippen molar-refractivity contribution in [3.63, 3.8) is 0 Å². The second kappa shape index (κ2) is 5.02. The molecule has 1 unspecified atom stereocenters. The Balaban J connectivity index is 1.96. The first-order valence-corrected chi connectivity index (χ1v) is 6.51. The molecule has 19 heavy (non-hydrogen) atoms. The number of hydrogen-bond acceptors (Lipinski definition) is 2. The lowest BCUT2D eigenvalue weighted by Gasteiger charge is -2.20. The molecule has 1 aliphatic heterocycles. The van der Waals surface area contributed by atoms with Gasteiger partial charge in [-0.2, -0.15) is 0 Å². The largest absolute Gasteiger partial charge is 0.493 e. The summed E-state index contributed by atoms with van der Waals surface area (Å²) in [7, 11) is 0. The molecule has 0 fully saturated rings. The van der Waals surface area contributed by atoms with E-state index in [1.165, 1.54) is 6.07 Å². The van der Waals surface area contributed by atoms with Crippen molar-refractivity contribution < 1.29 is 9.13 Å². The average Bonchev–Trinajstić information content (AvgIpc) is 2.46. The number of rotatable bonds is 2. The molecule has 0 bridgehead atoms. The second-order valence-electron chi connectivity index (χ2n) is 4.82. The lowest BCUT2D eigenvalue weighted by atomic mass is 9.95. The molecule has 3 heteroatoms. The van der Waals surface area contributed by atoms with Crippen LogP contribution in [0.4, 0.5) is 4.39 Å². The summed E-state index contributed by atoms with van der Waals surface area (Å²) in [5.74, 6) is 0.666. The Hall–Kier alpha value is -1.87. The van der Waals surface area contributed by atoms with Crippen molar-refractivity contribution in [1.29, 1.82) is 0 Å². The van der Waals surface area contributed by atoms with Crippen LogP contribution in [0.3, 0.4) is 0 Å². The number of aryl methyl sites for hydroxylation is 1. The zero-order valence-electron chi connectivity index (χ0n) is 10.6. The Morgan fingerprint density at radius 3 is 2.84 bits per heavy atom. The van der Waals surface area contributed by atoms with Gasteiger partial charge in [-0.25, -0.2) is 4.39 Å². The molecular weight excluding hydrogens is 241 g/mol. The van der Waals surface area contributed by atoms with E-state index in [2.05, 4.69) is 0 Å². The molecule has 0 saturated carbocycles. The van der Waals surface area contributed by atoms with Crippen LogP contribution in [0.15, 0.2) is 42.5 Å². The Kier molecular flexibility index (Phi) is 3.22. The van der Waals surface area contributed by atoms with Crippen molar-refractivity contribution in [3.05, 3.63) is 65.0 Å². The van der Waals surface area contributed by atoms with Gasteiger partial charge in [0, 0.05) is 5.56 Å². The van der Waals surface area contributed by atoms with Crippen LogP contribution >= 0.6 is 0 Å². The molecule has 0 aromatic heterocycles. The van der Waals surface area contributed by atoms with Crippen LogP contribution in [-0.2, 0) is 6.42 Å². The normalized spacial score (nSPS) is 15.5. The van der Waals surface area contributed by atoms with Gasteiger partial charge in [-0.05, 0) is 36.1 Å². The maximum Gasteiger partial charge on any atom is 0.128 e. The summed E-state index contributed by atoms with van der Waals surface area (Å²) in [5.41, 5.74) is 8.78. The summed E-state index contributed by atoms with van der Waals surface area (Å²) < 4.78 is 19.3. The van der Waals surface area contributed by atoms with E-state index >= 15 is 0 Å². The molecule has 2 N–H and O–H groups in total. The Bertz CT molecular complexity index is 597. The first-order chi connectivity index (χ1) is 9.25. The summed E-state index contributed by atoms with van der Waals surface area (Å²) in [4.78, 5) is 0. The van der Waals surface area contributed by atoms with E-state index in [4.69, 9.17) is 10.5 Å². The maximum absolute atomic E-state index is 13.8. The summed E-state index contributed by atoms with van der Waals surface area (Å²) in [6.07, 6.45) is 2.01. The van der Waals surface area contributed by atoms with Gasteiger partial charge < -0.3 is 10.5 Å². The zero-order valence-corrected chi connectivity index (χ0v) is 10.6. The van der Waals surface area contributed by atoms with Crippen molar-refractivity contribution in [1.82, 2.24) is 0 Å². The molecule has 0 amide bonds. The van der Waals surface area contributed by atoms with Gasteiger partial charge in [-0.15, -0.1) is 0 Å². The number of halogens is 1. The zero-order chi connectivity index (χ0) is 13.2. The van der Waals surface area contributed by atoms with E-state index in [-0.39, 0.29) is 5.82 Å². The van der Waals surface area contributed by atoms with Gasteiger partial charge in [-0.1, -0.05) is 30.3 Å². The van der Waals surface area contributed by atoms with E-state index < -0.39 is 6.04 Å². The topological polar surface area (TPSA) is 35.2 Å². The van der Waals surface area contributed by atoms with Crippen molar-refractivity contribution in [2.24, 2.45) is 5.73 Å². The molecule has 0 radical (unpaired) electrons. The van der Waals surface area contributed by atoms with Crippen LogP contribution < -0.4 is 10.5 Å². The monoisotopic (exact) mass is 257 g/mol. The molecule has 1 heterocycles. The fourth-order valence-corrected chi connectivity index (χ4v) is 2.48. The minimum Gasteiger partial charge on any atom is -0.493 e. The summed E-state index contributed by atoms with van der Waals surface area (Å²) in [6, 6.07) is 12.1. The fourth-order valence-electron chi connectivity index (χ4n) is 2.48. The number of benzene rings is 2. The van der Waals surface area contributed by atoms with Gasteiger partial charge in [-0.3, -0.25) is 0 Å². The molecular formula is C16H16FNO. The van der Waals surface area contributed by atoms with Gasteiger partial charge in [0.1, 0.15) is 11.6 Å². The number of nitrogens with two attached hydrogens (primary N) is 1. The molecule has 0 spiro atoms. The van der Waals surface area contributed by atoms with E-state index in [9.17, 15) is 4.39 Å². The standard InChI is InChI=1S/C16H16FNO/c17-14-6-2-1-5-13(14)16(18)12-7-8-15-11(10-12)4-3-9-19-15/h1-2,5-8,10,16H,3-4,9,18H2. The third kappa shape index (κ3) is 2.34. The Labute approximate surface area is 112 Å². The van der Waals surface area contributed by atoms with E-state index in [0.29, 0.717) is 5.56 Å². The summed E-state index contributed by atoms with van der Waals surface area (Å²) >= 11 is 0. The SMILES string of the molecule is NC(c1ccc2c(c1)CCCO2)c1ccccc1F. The van der Waals surface area contributed by atoms with Gasteiger partial charge in [0.05, 0.1) is 12.6 Å². The molecule has 2 aromatic carbocycles. The van der Waals surface area contributed by atoms with E-state index in [1.54, 1.807) is 18.2 Å². The smallest absolute Gasteiger partial charge is 0.128 e.